The number of rotatable bonds is 5. The number of carbonyl (C=O) groups excluding carboxylic acids is 2. The van der Waals surface area contributed by atoms with Gasteiger partial charge in [-0.2, -0.15) is 0 Å². The molecule has 0 bridgehead atoms. The Balaban J connectivity index is 1.53. The van der Waals surface area contributed by atoms with Gasteiger partial charge in [0.25, 0.3) is 0 Å². The van der Waals surface area contributed by atoms with Gasteiger partial charge < -0.3 is 15.5 Å². The number of hydrogen-bond donors (Lipinski definition) is 2. The molecule has 0 radical (unpaired) electrons. The molecule has 28 heavy (non-hydrogen) atoms. The summed E-state index contributed by atoms with van der Waals surface area (Å²) in [6.45, 7) is 3.71. The van der Waals surface area contributed by atoms with Crippen LogP contribution in [0.15, 0.2) is 54.6 Å². The zero-order chi connectivity index (χ0) is 20.0. The number of benzene rings is 2. The Bertz CT molecular complexity index is 810. The fraction of sp³-hybridized carbons (Fsp3) is 0.364. The number of carbonyl (C=O) groups is 2. The second kappa shape index (κ2) is 8.87. The maximum atomic E-state index is 13.0. The lowest BCUT2D eigenvalue weighted by Gasteiger charge is -2.39. The number of nitrogens with zero attached hydrogens (tertiary/aromatic N) is 1. The van der Waals surface area contributed by atoms with Crippen molar-refractivity contribution in [2.75, 3.05) is 13.1 Å². The maximum absolute atomic E-state index is 13.0. The lowest BCUT2D eigenvalue weighted by atomic mass is 9.81. The number of likely N-dealkylation sites (tertiary alicyclic amines) is 1. The number of hydrogen-bond acceptors (Lipinski definition) is 2. The van der Waals surface area contributed by atoms with E-state index in [0.717, 1.165) is 24.0 Å². The third-order valence-corrected chi connectivity index (χ3v) is 5.18. The van der Waals surface area contributed by atoms with Gasteiger partial charge in [-0.15, -0.1) is 0 Å². The molecule has 3 amide bonds. The van der Waals surface area contributed by atoms with E-state index in [4.69, 9.17) is 0 Å². The van der Waals surface area contributed by atoms with Crippen LogP contribution in [0.1, 0.15) is 30.9 Å². The van der Waals surface area contributed by atoms with Crippen LogP contribution in [0.5, 0.6) is 0 Å². The Morgan fingerprint density at radius 1 is 1.00 bits per heavy atom. The number of amides is 3. The Morgan fingerprint density at radius 3 is 2.36 bits per heavy atom. The number of piperidine rings is 1. The van der Waals surface area contributed by atoms with Gasteiger partial charge in [-0.05, 0) is 43.0 Å². The minimum absolute atomic E-state index is 0.0858. The van der Waals surface area contributed by atoms with Crippen molar-refractivity contribution in [3.8, 4) is 0 Å². The highest BCUT2D eigenvalue weighted by molar-refractivity contribution is 5.84. The summed E-state index contributed by atoms with van der Waals surface area (Å²) in [7, 11) is 0. The molecule has 0 spiro atoms. The van der Waals surface area contributed by atoms with E-state index < -0.39 is 5.41 Å². The molecule has 5 nitrogen and oxygen atoms in total. The highest BCUT2D eigenvalue weighted by Gasteiger charge is 2.39. The van der Waals surface area contributed by atoms with Crippen molar-refractivity contribution in [1.29, 1.82) is 0 Å². The lowest BCUT2D eigenvalue weighted by Crippen LogP contribution is -2.53. The van der Waals surface area contributed by atoms with Gasteiger partial charge in [0.05, 0.1) is 5.41 Å². The van der Waals surface area contributed by atoms with Gasteiger partial charge in [0.15, 0.2) is 0 Å². The van der Waals surface area contributed by atoms with Crippen molar-refractivity contribution >= 4 is 11.9 Å². The van der Waals surface area contributed by atoms with Crippen LogP contribution < -0.4 is 10.6 Å². The molecule has 2 aromatic rings. The van der Waals surface area contributed by atoms with Crippen molar-refractivity contribution < 1.29 is 14.0 Å². The largest absolute Gasteiger partial charge is 0.351 e. The van der Waals surface area contributed by atoms with Crippen LogP contribution >= 0.6 is 0 Å². The second-order valence-electron chi connectivity index (χ2n) is 7.54. The molecule has 1 unspecified atom stereocenters. The van der Waals surface area contributed by atoms with Gasteiger partial charge in [0.1, 0.15) is 5.82 Å². The van der Waals surface area contributed by atoms with Gasteiger partial charge in [0.2, 0.25) is 5.91 Å². The molecule has 1 fully saturated rings. The van der Waals surface area contributed by atoms with Crippen molar-refractivity contribution in [3.63, 3.8) is 0 Å². The summed E-state index contributed by atoms with van der Waals surface area (Å²) < 4.78 is 13.0. The molecule has 2 aromatic carbocycles. The molecule has 1 heterocycles. The van der Waals surface area contributed by atoms with E-state index in [1.54, 1.807) is 17.0 Å². The fourth-order valence-electron chi connectivity index (χ4n) is 3.48. The molecule has 0 aromatic heterocycles. The molecule has 1 saturated heterocycles. The van der Waals surface area contributed by atoms with E-state index in [1.165, 1.54) is 12.1 Å². The SMILES string of the molecule is CC1(C(=O)NCc2ccc(F)cc2)CCCN(C(=O)NCc2ccccc2)C1. The predicted molar refractivity (Wildman–Crippen MR) is 106 cm³/mol. The summed E-state index contributed by atoms with van der Waals surface area (Å²) in [6.07, 6.45) is 1.50. The van der Waals surface area contributed by atoms with Crippen molar-refractivity contribution in [2.45, 2.75) is 32.9 Å². The van der Waals surface area contributed by atoms with Gasteiger partial charge in [0, 0.05) is 26.2 Å². The molecular weight excluding hydrogens is 357 g/mol. The minimum Gasteiger partial charge on any atom is -0.351 e. The van der Waals surface area contributed by atoms with E-state index >= 15 is 0 Å². The highest BCUT2D eigenvalue weighted by atomic mass is 19.1. The number of nitrogens with one attached hydrogen (secondary N) is 2. The fourth-order valence-corrected chi connectivity index (χ4v) is 3.48. The van der Waals surface area contributed by atoms with Gasteiger partial charge in [-0.25, -0.2) is 9.18 Å². The average molecular weight is 383 g/mol. The monoisotopic (exact) mass is 383 g/mol. The Kier molecular flexibility index (Phi) is 6.29. The zero-order valence-electron chi connectivity index (χ0n) is 16.1. The quantitative estimate of drug-likeness (QED) is 0.831. The topological polar surface area (TPSA) is 61.4 Å². The molecule has 1 aliphatic heterocycles. The molecule has 0 saturated carbocycles. The first-order valence-electron chi connectivity index (χ1n) is 9.56. The van der Waals surface area contributed by atoms with Crippen molar-refractivity contribution in [1.82, 2.24) is 15.5 Å². The van der Waals surface area contributed by atoms with Crippen molar-refractivity contribution in [3.05, 3.63) is 71.5 Å². The molecule has 6 heteroatoms. The Labute approximate surface area is 164 Å². The van der Waals surface area contributed by atoms with E-state index in [9.17, 15) is 14.0 Å². The molecule has 2 N–H and O–H groups in total. The summed E-state index contributed by atoms with van der Waals surface area (Å²) in [5.74, 6) is -0.385. The first kappa shape index (κ1) is 19.9. The Hall–Kier alpha value is -2.89. The summed E-state index contributed by atoms with van der Waals surface area (Å²) in [4.78, 5) is 27.0. The third kappa shape index (κ3) is 5.09. The van der Waals surface area contributed by atoms with Gasteiger partial charge >= 0.3 is 6.03 Å². The van der Waals surface area contributed by atoms with Crippen LogP contribution in [-0.2, 0) is 17.9 Å². The van der Waals surface area contributed by atoms with Crippen LogP contribution in [-0.4, -0.2) is 29.9 Å². The minimum atomic E-state index is -0.637. The zero-order valence-corrected chi connectivity index (χ0v) is 16.1. The van der Waals surface area contributed by atoms with Crippen LogP contribution in [0.25, 0.3) is 0 Å². The van der Waals surface area contributed by atoms with Crippen LogP contribution in [0.3, 0.4) is 0 Å². The summed E-state index contributed by atoms with van der Waals surface area (Å²) >= 11 is 0. The van der Waals surface area contributed by atoms with E-state index in [1.807, 2.05) is 37.3 Å². The van der Waals surface area contributed by atoms with Crippen LogP contribution in [0, 0.1) is 11.2 Å². The lowest BCUT2D eigenvalue weighted by molar-refractivity contribution is -0.132. The molecule has 148 valence electrons. The Morgan fingerprint density at radius 2 is 1.64 bits per heavy atom. The first-order chi connectivity index (χ1) is 13.5. The molecule has 3 rings (SSSR count). The average Bonchev–Trinajstić information content (AvgIpc) is 2.72. The summed E-state index contributed by atoms with van der Waals surface area (Å²) in [5, 5.41) is 5.85. The van der Waals surface area contributed by atoms with Gasteiger partial charge in [-0.3, -0.25) is 4.79 Å². The van der Waals surface area contributed by atoms with Crippen LogP contribution in [0.2, 0.25) is 0 Å². The van der Waals surface area contributed by atoms with E-state index in [-0.39, 0.29) is 17.8 Å². The smallest absolute Gasteiger partial charge is 0.317 e. The normalized spacial score (nSPS) is 19.1. The van der Waals surface area contributed by atoms with Crippen LogP contribution in [0.4, 0.5) is 9.18 Å². The van der Waals surface area contributed by atoms with E-state index in [0.29, 0.717) is 26.2 Å². The molecule has 1 atom stereocenters. The van der Waals surface area contributed by atoms with Crippen molar-refractivity contribution in [2.24, 2.45) is 5.41 Å². The van der Waals surface area contributed by atoms with Gasteiger partial charge in [-0.1, -0.05) is 42.5 Å². The third-order valence-electron chi connectivity index (χ3n) is 5.18. The van der Waals surface area contributed by atoms with E-state index in [2.05, 4.69) is 10.6 Å². The molecule has 1 aliphatic rings. The predicted octanol–water partition coefficient (Wildman–Crippen LogP) is 3.45. The standard InChI is InChI=1S/C22H26FN3O2/c1-22(20(27)24-14-18-8-10-19(23)11-9-18)12-5-13-26(16-22)21(28)25-15-17-6-3-2-4-7-17/h2-4,6-11H,5,12-16H2,1H3,(H,24,27)(H,25,28). The highest BCUT2D eigenvalue weighted by Crippen LogP contribution is 2.30. The molecular formula is C22H26FN3O2. The second-order valence-corrected chi connectivity index (χ2v) is 7.54. The maximum Gasteiger partial charge on any atom is 0.317 e. The molecule has 0 aliphatic carbocycles. The number of urea groups is 1. The number of halogens is 1. The first-order valence-corrected chi connectivity index (χ1v) is 9.56. The summed E-state index contributed by atoms with van der Waals surface area (Å²) in [5.41, 5.74) is 1.24. The summed E-state index contributed by atoms with van der Waals surface area (Å²) in [6, 6.07) is 15.6.